The summed E-state index contributed by atoms with van der Waals surface area (Å²) in [5.41, 5.74) is 0. The molecule has 1 aromatic heterocycles. The highest BCUT2D eigenvalue weighted by atomic mass is 16.4. The lowest BCUT2D eigenvalue weighted by atomic mass is 10.2. The number of aliphatic carboxylic acids is 1. The summed E-state index contributed by atoms with van der Waals surface area (Å²) in [5.74, 6) is -0.781. The number of nitrogens with zero attached hydrogens (tertiary/aromatic N) is 3. The molecule has 1 atom stereocenters. The first-order valence-corrected chi connectivity index (χ1v) is 5.25. The predicted molar refractivity (Wildman–Crippen MR) is 59.5 cm³/mol. The van der Waals surface area contributed by atoms with Gasteiger partial charge in [0, 0.05) is 20.1 Å². The number of aliphatic hydroxyl groups excluding tert-OH is 1. The second-order valence-corrected chi connectivity index (χ2v) is 3.56. The highest BCUT2D eigenvalue weighted by Crippen LogP contribution is 1.92. The van der Waals surface area contributed by atoms with Gasteiger partial charge in [-0.15, -0.1) is 0 Å². The molecule has 1 rings (SSSR count). The quantitative estimate of drug-likeness (QED) is 0.488. The molecule has 0 fully saturated rings. The number of hydrogen-bond donors (Lipinski definition) is 4. The van der Waals surface area contributed by atoms with E-state index in [0.29, 0.717) is 5.82 Å². The Kier molecular flexibility index (Phi) is 5.06. The van der Waals surface area contributed by atoms with Crippen LogP contribution in [0.4, 0.5) is 4.79 Å². The molecule has 9 heteroatoms. The van der Waals surface area contributed by atoms with E-state index in [9.17, 15) is 9.59 Å². The Balaban J connectivity index is 2.38. The van der Waals surface area contributed by atoms with Crippen molar-refractivity contribution < 1.29 is 19.8 Å². The first-order valence-electron chi connectivity index (χ1n) is 5.25. The number of carbonyl (C=O) groups excluding carboxylic acids is 1. The van der Waals surface area contributed by atoms with E-state index < -0.39 is 18.0 Å². The van der Waals surface area contributed by atoms with Gasteiger partial charge in [0.15, 0.2) is 5.82 Å². The van der Waals surface area contributed by atoms with Crippen LogP contribution in [0.2, 0.25) is 0 Å². The molecule has 18 heavy (non-hydrogen) atoms. The maximum absolute atomic E-state index is 11.4. The molecule has 2 amide bonds. The first kappa shape index (κ1) is 13.9. The summed E-state index contributed by atoms with van der Waals surface area (Å²) in [6.07, 6.45) is 1.44. The van der Waals surface area contributed by atoms with Gasteiger partial charge >= 0.3 is 12.0 Å². The number of aryl methyl sites for hydroxylation is 1. The van der Waals surface area contributed by atoms with Gasteiger partial charge in [0.05, 0.1) is 6.54 Å². The van der Waals surface area contributed by atoms with Gasteiger partial charge in [-0.25, -0.2) is 14.6 Å². The average molecular weight is 257 g/mol. The van der Waals surface area contributed by atoms with Crippen molar-refractivity contribution in [2.75, 3.05) is 6.61 Å². The van der Waals surface area contributed by atoms with Gasteiger partial charge in [-0.2, -0.15) is 5.10 Å². The number of urea groups is 1. The lowest BCUT2D eigenvalue weighted by Gasteiger charge is -2.13. The van der Waals surface area contributed by atoms with Gasteiger partial charge < -0.3 is 20.8 Å². The van der Waals surface area contributed by atoms with E-state index in [1.165, 1.54) is 11.0 Å². The SMILES string of the molecule is Cn1cnc(CNC(=O)NC(CCO)C(=O)O)n1. The van der Waals surface area contributed by atoms with Gasteiger partial charge in [0.25, 0.3) is 0 Å². The minimum absolute atomic E-state index is 0.0510. The fourth-order valence-corrected chi connectivity index (χ4v) is 1.22. The molecule has 1 heterocycles. The summed E-state index contributed by atoms with van der Waals surface area (Å²) >= 11 is 0. The summed E-state index contributed by atoms with van der Waals surface area (Å²) < 4.78 is 1.49. The van der Waals surface area contributed by atoms with E-state index in [2.05, 4.69) is 20.7 Å². The number of carboxylic acid groups (broad SMARTS) is 1. The summed E-state index contributed by atoms with van der Waals surface area (Å²) in [4.78, 5) is 26.0. The van der Waals surface area contributed by atoms with Crippen LogP contribution in [0.25, 0.3) is 0 Å². The monoisotopic (exact) mass is 257 g/mol. The van der Waals surface area contributed by atoms with Crippen LogP contribution in [0.3, 0.4) is 0 Å². The zero-order chi connectivity index (χ0) is 13.5. The number of amides is 2. The largest absolute Gasteiger partial charge is 0.480 e. The van der Waals surface area contributed by atoms with Crippen molar-refractivity contribution in [2.45, 2.75) is 19.0 Å². The second-order valence-electron chi connectivity index (χ2n) is 3.56. The summed E-state index contributed by atoms with van der Waals surface area (Å²) in [6.45, 7) is -0.225. The molecule has 4 N–H and O–H groups in total. The van der Waals surface area contributed by atoms with Gasteiger partial charge in [-0.1, -0.05) is 0 Å². The maximum atomic E-state index is 11.4. The van der Waals surface area contributed by atoms with Crippen molar-refractivity contribution in [2.24, 2.45) is 7.05 Å². The first-order chi connectivity index (χ1) is 8.52. The molecule has 0 radical (unpaired) electrons. The van der Waals surface area contributed by atoms with Crippen LogP contribution in [0.1, 0.15) is 12.2 Å². The Morgan fingerprint density at radius 3 is 2.78 bits per heavy atom. The van der Waals surface area contributed by atoms with Crippen LogP contribution in [-0.4, -0.2) is 49.6 Å². The third-order valence-corrected chi connectivity index (χ3v) is 2.08. The Morgan fingerprint density at radius 1 is 1.56 bits per heavy atom. The summed E-state index contributed by atoms with van der Waals surface area (Å²) in [7, 11) is 1.69. The van der Waals surface area contributed by atoms with Crippen LogP contribution in [0, 0.1) is 0 Å². The molecular weight excluding hydrogens is 242 g/mol. The van der Waals surface area contributed by atoms with Crippen molar-refractivity contribution >= 4 is 12.0 Å². The molecule has 0 aliphatic carbocycles. The fourth-order valence-electron chi connectivity index (χ4n) is 1.22. The number of hydrogen-bond acceptors (Lipinski definition) is 5. The van der Waals surface area contributed by atoms with Crippen molar-refractivity contribution in [3.05, 3.63) is 12.2 Å². The minimum atomic E-state index is -1.20. The zero-order valence-corrected chi connectivity index (χ0v) is 9.83. The molecule has 1 unspecified atom stereocenters. The highest BCUT2D eigenvalue weighted by molar-refractivity contribution is 5.82. The molecule has 0 aliphatic rings. The standard InChI is InChI=1S/C9H15N5O4/c1-14-5-11-7(13-14)4-10-9(18)12-6(2-3-15)8(16)17/h5-6,15H,2-4H2,1H3,(H,16,17)(H2,10,12,18). The second kappa shape index (κ2) is 6.55. The third-order valence-electron chi connectivity index (χ3n) is 2.08. The smallest absolute Gasteiger partial charge is 0.326 e. The Hall–Kier alpha value is -2.16. The Bertz CT molecular complexity index is 419. The van der Waals surface area contributed by atoms with Gasteiger partial charge in [0.1, 0.15) is 12.4 Å². The topological polar surface area (TPSA) is 129 Å². The maximum Gasteiger partial charge on any atom is 0.326 e. The Morgan fingerprint density at radius 2 is 2.28 bits per heavy atom. The van der Waals surface area contributed by atoms with Crippen molar-refractivity contribution in [3.63, 3.8) is 0 Å². The van der Waals surface area contributed by atoms with Gasteiger partial charge in [0.2, 0.25) is 0 Å². The normalized spacial score (nSPS) is 11.9. The van der Waals surface area contributed by atoms with E-state index in [0.717, 1.165) is 0 Å². The van der Waals surface area contributed by atoms with E-state index >= 15 is 0 Å². The molecular formula is C9H15N5O4. The van der Waals surface area contributed by atoms with E-state index in [-0.39, 0.29) is 19.6 Å². The molecule has 0 saturated heterocycles. The van der Waals surface area contributed by atoms with E-state index in [4.69, 9.17) is 10.2 Å². The molecule has 0 bridgehead atoms. The highest BCUT2D eigenvalue weighted by Gasteiger charge is 2.18. The lowest BCUT2D eigenvalue weighted by molar-refractivity contribution is -0.139. The average Bonchev–Trinajstić information content (AvgIpc) is 2.72. The third kappa shape index (κ3) is 4.37. The molecule has 100 valence electrons. The number of nitrogens with one attached hydrogen (secondary N) is 2. The molecule has 0 saturated carbocycles. The molecule has 9 nitrogen and oxygen atoms in total. The summed E-state index contributed by atoms with van der Waals surface area (Å²) in [6, 6.07) is -1.77. The van der Waals surface area contributed by atoms with E-state index in [1.807, 2.05) is 0 Å². The van der Waals surface area contributed by atoms with Crippen molar-refractivity contribution in [3.8, 4) is 0 Å². The van der Waals surface area contributed by atoms with Crippen molar-refractivity contribution in [1.29, 1.82) is 0 Å². The number of rotatable bonds is 6. The minimum Gasteiger partial charge on any atom is -0.480 e. The number of aromatic nitrogens is 3. The molecule has 0 aromatic carbocycles. The number of carbonyl (C=O) groups is 2. The van der Waals surface area contributed by atoms with Crippen LogP contribution >= 0.6 is 0 Å². The van der Waals surface area contributed by atoms with Crippen LogP contribution in [-0.2, 0) is 18.4 Å². The molecule has 0 aliphatic heterocycles. The van der Waals surface area contributed by atoms with Crippen molar-refractivity contribution in [1.82, 2.24) is 25.4 Å². The zero-order valence-electron chi connectivity index (χ0n) is 9.83. The van der Waals surface area contributed by atoms with Gasteiger partial charge in [-0.3, -0.25) is 4.68 Å². The fraction of sp³-hybridized carbons (Fsp3) is 0.556. The Labute approximate surface area is 103 Å². The predicted octanol–water partition coefficient (Wildman–Crippen LogP) is -1.55. The summed E-state index contributed by atoms with van der Waals surface area (Å²) in [5, 5.41) is 26.0. The lowest BCUT2D eigenvalue weighted by Crippen LogP contribution is -2.46. The molecule has 0 spiro atoms. The van der Waals surface area contributed by atoms with Gasteiger partial charge in [-0.05, 0) is 0 Å². The van der Waals surface area contributed by atoms with E-state index in [1.54, 1.807) is 7.05 Å². The van der Waals surface area contributed by atoms with Crippen LogP contribution in [0.15, 0.2) is 6.33 Å². The molecule has 1 aromatic rings. The number of aliphatic hydroxyl groups is 1. The van der Waals surface area contributed by atoms with Crippen LogP contribution in [0.5, 0.6) is 0 Å². The number of carboxylic acids is 1. The van der Waals surface area contributed by atoms with Crippen LogP contribution < -0.4 is 10.6 Å².